The molecule has 0 heterocycles. The minimum absolute atomic E-state index is 0.218. The highest BCUT2D eigenvalue weighted by Gasteiger charge is 2.68. The number of alkyl halides is 3. The first-order valence-corrected chi connectivity index (χ1v) is 8.76. The van der Waals surface area contributed by atoms with Crippen molar-refractivity contribution in [3.05, 3.63) is 0 Å². The standard InChI is InChI=1S/C17H25F3O6/c1-3-25-14(22)13(21)12(10-11-8-6-5-7-9-11)16(24,17(18,19)20)15(23)26-4-2/h11-12,24H,3-10H2,1-2H3. The monoisotopic (exact) mass is 382 g/mol. The molecule has 9 heteroatoms. The predicted octanol–water partition coefficient (Wildman–Crippen LogP) is 2.56. The van der Waals surface area contributed by atoms with Crippen LogP contribution in [-0.4, -0.2) is 47.8 Å². The highest BCUT2D eigenvalue weighted by Crippen LogP contribution is 2.43. The lowest BCUT2D eigenvalue weighted by Gasteiger charge is -2.36. The zero-order valence-electron chi connectivity index (χ0n) is 14.9. The summed E-state index contributed by atoms with van der Waals surface area (Å²) in [4.78, 5) is 36.1. The van der Waals surface area contributed by atoms with Crippen LogP contribution in [0.1, 0.15) is 52.4 Å². The van der Waals surface area contributed by atoms with Gasteiger partial charge in [0.1, 0.15) is 0 Å². The second-order valence-electron chi connectivity index (χ2n) is 6.36. The molecule has 1 rings (SSSR count). The number of carbonyl (C=O) groups is 3. The first-order chi connectivity index (χ1) is 12.1. The van der Waals surface area contributed by atoms with Gasteiger partial charge < -0.3 is 14.6 Å². The van der Waals surface area contributed by atoms with Gasteiger partial charge >= 0.3 is 18.1 Å². The van der Waals surface area contributed by atoms with Crippen LogP contribution in [0.4, 0.5) is 13.2 Å². The molecule has 0 bridgehead atoms. The van der Waals surface area contributed by atoms with E-state index in [9.17, 15) is 32.7 Å². The van der Waals surface area contributed by atoms with Crippen LogP contribution in [0.15, 0.2) is 0 Å². The van der Waals surface area contributed by atoms with Crippen molar-refractivity contribution >= 4 is 17.7 Å². The van der Waals surface area contributed by atoms with Gasteiger partial charge in [0.25, 0.3) is 5.60 Å². The number of Topliss-reactive ketones (excluding diaryl/α,β-unsaturated/α-hetero) is 1. The Morgan fingerprint density at radius 3 is 2.04 bits per heavy atom. The second kappa shape index (κ2) is 9.34. The summed E-state index contributed by atoms with van der Waals surface area (Å²) >= 11 is 0. The van der Waals surface area contributed by atoms with Gasteiger partial charge in [0.2, 0.25) is 5.78 Å². The molecule has 0 radical (unpaired) electrons. The maximum atomic E-state index is 13.6. The van der Waals surface area contributed by atoms with Crippen LogP contribution in [0, 0.1) is 11.8 Å². The summed E-state index contributed by atoms with van der Waals surface area (Å²) < 4.78 is 49.8. The van der Waals surface area contributed by atoms with Crippen molar-refractivity contribution in [2.24, 2.45) is 11.8 Å². The van der Waals surface area contributed by atoms with E-state index in [1.807, 2.05) is 0 Å². The lowest BCUT2D eigenvalue weighted by Crippen LogP contribution is -2.61. The number of ketones is 1. The molecule has 1 saturated carbocycles. The van der Waals surface area contributed by atoms with Crippen LogP contribution in [0.25, 0.3) is 0 Å². The van der Waals surface area contributed by atoms with Crippen LogP contribution in [0.5, 0.6) is 0 Å². The maximum Gasteiger partial charge on any atom is 0.428 e. The predicted molar refractivity (Wildman–Crippen MR) is 84.0 cm³/mol. The van der Waals surface area contributed by atoms with Crippen molar-refractivity contribution in [2.45, 2.75) is 64.1 Å². The Balaban J connectivity index is 3.29. The largest absolute Gasteiger partial charge is 0.464 e. The van der Waals surface area contributed by atoms with Gasteiger partial charge in [-0.3, -0.25) is 4.79 Å². The molecule has 150 valence electrons. The summed E-state index contributed by atoms with van der Waals surface area (Å²) in [6.45, 7) is 2.03. The third-order valence-corrected chi connectivity index (χ3v) is 4.61. The van der Waals surface area contributed by atoms with Crippen molar-refractivity contribution in [3.63, 3.8) is 0 Å². The summed E-state index contributed by atoms with van der Waals surface area (Å²) in [5.74, 6) is -7.66. The van der Waals surface area contributed by atoms with E-state index in [1.165, 1.54) is 13.8 Å². The molecule has 1 N–H and O–H groups in total. The molecule has 0 spiro atoms. The minimum atomic E-state index is -5.49. The van der Waals surface area contributed by atoms with Crippen LogP contribution < -0.4 is 0 Å². The topological polar surface area (TPSA) is 89.9 Å². The molecule has 0 amide bonds. The number of halogens is 3. The third kappa shape index (κ3) is 4.96. The van der Waals surface area contributed by atoms with Crippen molar-refractivity contribution in [3.8, 4) is 0 Å². The quantitative estimate of drug-likeness (QED) is 0.513. The van der Waals surface area contributed by atoms with Crippen LogP contribution in [0.2, 0.25) is 0 Å². The zero-order chi connectivity index (χ0) is 20.0. The molecule has 6 nitrogen and oxygen atoms in total. The summed E-state index contributed by atoms with van der Waals surface area (Å²) in [7, 11) is 0. The summed E-state index contributed by atoms with van der Waals surface area (Å²) in [5, 5.41) is 10.3. The van der Waals surface area contributed by atoms with Gasteiger partial charge in [-0.1, -0.05) is 32.1 Å². The van der Waals surface area contributed by atoms with Gasteiger partial charge in [0.15, 0.2) is 0 Å². The van der Waals surface area contributed by atoms with Crippen molar-refractivity contribution in [1.29, 1.82) is 0 Å². The minimum Gasteiger partial charge on any atom is -0.464 e. The zero-order valence-corrected chi connectivity index (χ0v) is 14.9. The molecule has 0 aromatic heterocycles. The van der Waals surface area contributed by atoms with Gasteiger partial charge in [-0.2, -0.15) is 13.2 Å². The van der Waals surface area contributed by atoms with Crippen LogP contribution in [0.3, 0.4) is 0 Å². The van der Waals surface area contributed by atoms with Crippen molar-refractivity contribution in [1.82, 2.24) is 0 Å². The van der Waals surface area contributed by atoms with Crippen LogP contribution in [-0.2, 0) is 23.9 Å². The van der Waals surface area contributed by atoms with Crippen molar-refractivity contribution < 1.29 is 42.1 Å². The van der Waals surface area contributed by atoms with E-state index in [4.69, 9.17) is 0 Å². The van der Waals surface area contributed by atoms with Crippen molar-refractivity contribution in [2.75, 3.05) is 13.2 Å². The third-order valence-electron chi connectivity index (χ3n) is 4.61. The molecule has 0 aromatic carbocycles. The smallest absolute Gasteiger partial charge is 0.428 e. The number of esters is 2. The Labute approximate surface area is 150 Å². The Morgan fingerprint density at radius 1 is 1.04 bits per heavy atom. The second-order valence-corrected chi connectivity index (χ2v) is 6.36. The van der Waals surface area contributed by atoms with Gasteiger partial charge in [-0.05, 0) is 26.2 Å². The number of aliphatic hydroxyl groups is 1. The average molecular weight is 382 g/mol. The van der Waals surface area contributed by atoms with E-state index in [-0.39, 0.29) is 12.5 Å². The van der Waals surface area contributed by atoms with E-state index in [1.54, 1.807) is 0 Å². The summed E-state index contributed by atoms with van der Waals surface area (Å²) in [5.41, 5.74) is -4.09. The van der Waals surface area contributed by atoms with E-state index in [0.29, 0.717) is 12.8 Å². The molecular formula is C17H25F3O6. The SMILES string of the molecule is CCOC(=O)C(=O)C(CC1CCCCC1)C(O)(C(=O)OCC)C(F)(F)F. The normalized spacial score (nSPS) is 19.3. The maximum absolute atomic E-state index is 13.6. The first kappa shape index (κ1) is 22.4. The van der Waals surface area contributed by atoms with Gasteiger partial charge in [0.05, 0.1) is 19.1 Å². The number of carbonyl (C=O) groups excluding carboxylic acids is 3. The van der Waals surface area contributed by atoms with E-state index >= 15 is 0 Å². The average Bonchev–Trinajstić information content (AvgIpc) is 2.58. The Morgan fingerprint density at radius 2 is 1.58 bits per heavy atom. The molecule has 1 aliphatic carbocycles. The summed E-state index contributed by atoms with van der Waals surface area (Å²) in [6, 6.07) is 0. The molecule has 2 unspecified atom stereocenters. The molecule has 1 aliphatic rings. The van der Waals surface area contributed by atoms with E-state index < -0.39 is 48.4 Å². The lowest BCUT2D eigenvalue weighted by atomic mass is 9.74. The molecule has 1 fully saturated rings. The fraction of sp³-hybridized carbons (Fsp3) is 0.824. The van der Waals surface area contributed by atoms with E-state index in [2.05, 4.69) is 9.47 Å². The molecule has 26 heavy (non-hydrogen) atoms. The number of hydrogen-bond donors (Lipinski definition) is 1. The number of ether oxygens (including phenoxy) is 2. The van der Waals surface area contributed by atoms with E-state index in [0.717, 1.165) is 19.3 Å². The lowest BCUT2D eigenvalue weighted by molar-refractivity contribution is -0.277. The Kier molecular flexibility index (Phi) is 8.05. The molecule has 2 atom stereocenters. The molecule has 0 aromatic rings. The first-order valence-electron chi connectivity index (χ1n) is 8.76. The van der Waals surface area contributed by atoms with Gasteiger partial charge in [0, 0.05) is 0 Å². The summed E-state index contributed by atoms with van der Waals surface area (Å²) in [6.07, 6.45) is -2.34. The Hall–Kier alpha value is -1.64. The fourth-order valence-corrected chi connectivity index (χ4v) is 3.26. The fourth-order valence-electron chi connectivity index (χ4n) is 3.26. The number of rotatable bonds is 8. The van der Waals surface area contributed by atoms with Crippen LogP contribution >= 0.6 is 0 Å². The molecular weight excluding hydrogens is 357 g/mol. The Bertz CT molecular complexity index is 513. The highest BCUT2D eigenvalue weighted by molar-refractivity contribution is 6.35. The molecule has 0 aliphatic heterocycles. The van der Waals surface area contributed by atoms with Gasteiger partial charge in [-0.25, -0.2) is 9.59 Å². The highest BCUT2D eigenvalue weighted by atomic mass is 19.4. The van der Waals surface area contributed by atoms with Gasteiger partial charge in [-0.15, -0.1) is 0 Å². The molecule has 0 saturated heterocycles. The number of hydrogen-bond acceptors (Lipinski definition) is 6.